The van der Waals surface area contributed by atoms with Gasteiger partial charge in [0.1, 0.15) is 0 Å². The van der Waals surface area contributed by atoms with Crippen LogP contribution in [0.25, 0.3) is 0 Å². The van der Waals surface area contributed by atoms with Crippen LogP contribution in [0.3, 0.4) is 0 Å². The first-order valence-corrected chi connectivity index (χ1v) is 6.50. The van der Waals surface area contributed by atoms with Crippen molar-refractivity contribution < 1.29 is 23.2 Å². The van der Waals surface area contributed by atoms with Crippen molar-refractivity contribution in [2.24, 2.45) is 0 Å². The maximum absolute atomic E-state index is 11.4. The molecule has 0 fully saturated rings. The Bertz CT molecular complexity index is 609. The van der Waals surface area contributed by atoms with Crippen LogP contribution in [0.4, 0.5) is 5.69 Å². The Labute approximate surface area is 116 Å². The van der Waals surface area contributed by atoms with Gasteiger partial charge >= 0.3 is 5.97 Å². The van der Waals surface area contributed by atoms with Crippen LogP contribution in [0.2, 0.25) is 0 Å². The molecule has 0 saturated heterocycles. The predicted molar refractivity (Wildman–Crippen MR) is 67.9 cm³/mol. The topological polar surface area (TPSA) is 131 Å². The lowest BCUT2D eigenvalue weighted by Crippen LogP contribution is -2.14. The Kier molecular flexibility index (Phi) is 5.31. The molecule has 0 aliphatic carbocycles. The van der Waals surface area contributed by atoms with Gasteiger partial charge in [-0.15, -0.1) is 0 Å². The van der Waals surface area contributed by atoms with Crippen molar-refractivity contribution in [3.8, 4) is 6.07 Å². The number of nitro groups is 1. The summed E-state index contributed by atoms with van der Waals surface area (Å²) in [6, 6.07) is 5.27. The predicted octanol–water partition coefficient (Wildman–Crippen LogP) is 1.10. The standard InChI is InChI=1S/C11H10N2O6S/c1-19-11(14)9(5-12)8-3-2-7(6-20(17)18)4-10(8)13(15)16/h2-4,9H,6H2,1H3,(H,17,18). The first kappa shape index (κ1) is 15.7. The molecule has 8 nitrogen and oxygen atoms in total. The zero-order valence-electron chi connectivity index (χ0n) is 10.3. The molecular formula is C11H10N2O6S. The second kappa shape index (κ2) is 6.74. The van der Waals surface area contributed by atoms with E-state index in [-0.39, 0.29) is 16.9 Å². The summed E-state index contributed by atoms with van der Waals surface area (Å²) < 4.78 is 23.9. The second-order valence-corrected chi connectivity index (χ2v) is 4.63. The fourth-order valence-electron chi connectivity index (χ4n) is 1.59. The van der Waals surface area contributed by atoms with E-state index in [1.807, 2.05) is 0 Å². The van der Waals surface area contributed by atoms with E-state index < -0.39 is 33.6 Å². The van der Waals surface area contributed by atoms with E-state index in [9.17, 15) is 19.1 Å². The molecule has 1 rings (SSSR count). The lowest BCUT2D eigenvalue weighted by molar-refractivity contribution is -0.385. The number of esters is 1. The van der Waals surface area contributed by atoms with Gasteiger partial charge in [0.05, 0.1) is 29.4 Å². The Hall–Kier alpha value is -2.31. The molecule has 0 radical (unpaired) electrons. The molecule has 1 aromatic rings. The molecule has 2 unspecified atom stereocenters. The number of hydrogen-bond acceptors (Lipinski definition) is 6. The largest absolute Gasteiger partial charge is 0.468 e. The SMILES string of the molecule is COC(=O)C(C#N)c1ccc(CS(=O)O)cc1[N+](=O)[O-]. The third-order valence-corrected chi connectivity index (χ3v) is 3.04. The van der Waals surface area contributed by atoms with Gasteiger partial charge in [0, 0.05) is 6.07 Å². The highest BCUT2D eigenvalue weighted by atomic mass is 32.2. The summed E-state index contributed by atoms with van der Waals surface area (Å²) in [5.74, 6) is -2.61. The van der Waals surface area contributed by atoms with Crippen molar-refractivity contribution >= 4 is 22.7 Å². The summed E-state index contributed by atoms with van der Waals surface area (Å²) in [6.07, 6.45) is 0. The zero-order chi connectivity index (χ0) is 15.3. The molecular weight excluding hydrogens is 288 g/mol. The lowest BCUT2D eigenvalue weighted by Gasteiger charge is -2.09. The maximum Gasteiger partial charge on any atom is 0.327 e. The highest BCUT2D eigenvalue weighted by molar-refractivity contribution is 7.78. The second-order valence-electron chi connectivity index (χ2n) is 3.70. The van der Waals surface area contributed by atoms with Crippen LogP contribution < -0.4 is 0 Å². The monoisotopic (exact) mass is 298 g/mol. The molecule has 0 spiro atoms. The fraction of sp³-hybridized carbons (Fsp3) is 0.273. The van der Waals surface area contributed by atoms with Gasteiger partial charge in [-0.2, -0.15) is 5.26 Å². The number of hydrogen-bond donors (Lipinski definition) is 1. The quantitative estimate of drug-likeness (QED) is 0.372. The third-order valence-electron chi connectivity index (χ3n) is 2.46. The Morgan fingerprint density at radius 3 is 2.75 bits per heavy atom. The van der Waals surface area contributed by atoms with Crippen molar-refractivity contribution in [2.75, 3.05) is 7.11 Å². The van der Waals surface area contributed by atoms with E-state index in [4.69, 9.17) is 9.81 Å². The first-order chi connectivity index (χ1) is 9.40. The van der Waals surface area contributed by atoms with E-state index in [1.165, 1.54) is 12.1 Å². The Morgan fingerprint density at radius 2 is 2.30 bits per heavy atom. The van der Waals surface area contributed by atoms with Gasteiger partial charge in [0.25, 0.3) is 5.69 Å². The van der Waals surface area contributed by atoms with Crippen molar-refractivity contribution in [3.05, 3.63) is 39.4 Å². The molecule has 0 amide bonds. The number of carbonyl (C=O) groups excluding carboxylic acids is 1. The number of nitro benzene ring substituents is 1. The maximum atomic E-state index is 11.4. The highest BCUT2D eigenvalue weighted by Gasteiger charge is 2.29. The average Bonchev–Trinajstić information content (AvgIpc) is 2.39. The molecule has 0 heterocycles. The van der Waals surface area contributed by atoms with E-state index in [0.717, 1.165) is 13.2 Å². The highest BCUT2D eigenvalue weighted by Crippen LogP contribution is 2.28. The number of benzene rings is 1. The summed E-state index contributed by atoms with van der Waals surface area (Å²) in [4.78, 5) is 21.7. The first-order valence-electron chi connectivity index (χ1n) is 5.22. The number of rotatable bonds is 5. The van der Waals surface area contributed by atoms with Gasteiger partial charge in [-0.25, -0.2) is 4.21 Å². The Balaban J connectivity index is 3.33. The summed E-state index contributed by atoms with van der Waals surface area (Å²) in [5, 5.41) is 19.9. The lowest BCUT2D eigenvalue weighted by atomic mass is 9.97. The molecule has 20 heavy (non-hydrogen) atoms. The molecule has 0 aliphatic heterocycles. The minimum absolute atomic E-state index is 0.114. The molecule has 1 aromatic carbocycles. The zero-order valence-corrected chi connectivity index (χ0v) is 11.1. The minimum Gasteiger partial charge on any atom is -0.468 e. The molecule has 0 saturated carbocycles. The van der Waals surface area contributed by atoms with Gasteiger partial charge in [0.15, 0.2) is 17.0 Å². The normalized spacial score (nSPS) is 13.1. The van der Waals surface area contributed by atoms with Crippen molar-refractivity contribution in [1.82, 2.24) is 0 Å². The Morgan fingerprint density at radius 1 is 1.65 bits per heavy atom. The van der Waals surface area contributed by atoms with E-state index >= 15 is 0 Å². The molecule has 2 atom stereocenters. The van der Waals surface area contributed by atoms with E-state index in [1.54, 1.807) is 6.07 Å². The minimum atomic E-state index is -2.15. The number of nitrogens with zero attached hydrogens (tertiary/aromatic N) is 2. The number of nitriles is 1. The van der Waals surface area contributed by atoms with Crippen molar-refractivity contribution in [1.29, 1.82) is 5.26 Å². The van der Waals surface area contributed by atoms with Crippen LogP contribution in [-0.2, 0) is 26.4 Å². The van der Waals surface area contributed by atoms with Crippen molar-refractivity contribution in [3.63, 3.8) is 0 Å². The summed E-state index contributed by atoms with van der Waals surface area (Å²) in [5.41, 5.74) is -0.329. The average molecular weight is 298 g/mol. The van der Waals surface area contributed by atoms with Gasteiger partial charge < -0.3 is 9.29 Å². The van der Waals surface area contributed by atoms with Gasteiger partial charge in [-0.05, 0) is 11.6 Å². The van der Waals surface area contributed by atoms with Crippen LogP contribution in [0, 0.1) is 21.4 Å². The third kappa shape index (κ3) is 3.59. The molecule has 9 heteroatoms. The van der Waals surface area contributed by atoms with Crippen LogP contribution in [0.15, 0.2) is 18.2 Å². The molecule has 0 aliphatic rings. The van der Waals surface area contributed by atoms with Crippen molar-refractivity contribution in [2.45, 2.75) is 11.7 Å². The molecule has 1 N–H and O–H groups in total. The van der Waals surface area contributed by atoms with Gasteiger partial charge in [-0.1, -0.05) is 6.07 Å². The summed E-state index contributed by atoms with van der Waals surface area (Å²) in [7, 11) is 1.07. The molecule has 0 bridgehead atoms. The fourth-order valence-corrected chi connectivity index (χ4v) is 2.06. The number of ether oxygens (including phenoxy) is 1. The number of carbonyl (C=O) groups is 1. The summed E-state index contributed by atoms with van der Waals surface area (Å²) >= 11 is -2.15. The molecule has 106 valence electrons. The van der Waals surface area contributed by atoms with E-state index in [0.29, 0.717) is 0 Å². The van der Waals surface area contributed by atoms with Crippen LogP contribution in [-0.4, -0.2) is 26.8 Å². The number of methoxy groups -OCH3 is 1. The van der Waals surface area contributed by atoms with Gasteiger partial charge in [0.2, 0.25) is 0 Å². The van der Waals surface area contributed by atoms with E-state index in [2.05, 4.69) is 4.74 Å². The van der Waals surface area contributed by atoms with Crippen LogP contribution >= 0.6 is 0 Å². The molecule has 0 aromatic heterocycles. The van der Waals surface area contributed by atoms with Crippen LogP contribution in [0.1, 0.15) is 17.0 Å². The summed E-state index contributed by atoms with van der Waals surface area (Å²) in [6.45, 7) is 0. The smallest absolute Gasteiger partial charge is 0.327 e. The van der Waals surface area contributed by atoms with Gasteiger partial charge in [-0.3, -0.25) is 14.9 Å². The van der Waals surface area contributed by atoms with Crippen LogP contribution in [0.5, 0.6) is 0 Å².